The van der Waals surface area contributed by atoms with Crippen molar-refractivity contribution in [2.75, 3.05) is 0 Å². The molecule has 6 N–H and O–H groups in total. The van der Waals surface area contributed by atoms with E-state index in [4.69, 9.17) is 21.7 Å². The van der Waals surface area contributed by atoms with E-state index in [2.05, 4.69) is 60.7 Å². The highest BCUT2D eigenvalue weighted by molar-refractivity contribution is 5.73. The molecular weight excluding hydrogens is 332 g/mol. The second-order valence-electron chi connectivity index (χ2n) is 5.97. The summed E-state index contributed by atoms with van der Waals surface area (Å²) in [5.41, 5.74) is 13.1. The molecule has 2 atom stereocenters. The summed E-state index contributed by atoms with van der Waals surface area (Å²) in [7, 11) is 0. The standard InChI is InChI=1S/C13H12.C7H14N2O4/c1-3-7-12(8-4-1)11-13-9-5-2-6-10-13;8-4(6(10)11)2-1-3-5(9)7(12)13/h1-10H,11H2;4-5H,1-3,8-9H2,(H,10,11)(H,12,13). The molecular formula is C20H26N2O4. The van der Waals surface area contributed by atoms with Crippen molar-refractivity contribution in [1.29, 1.82) is 0 Å². The highest BCUT2D eigenvalue weighted by atomic mass is 16.4. The zero-order valence-electron chi connectivity index (χ0n) is 14.6. The molecule has 0 fully saturated rings. The fraction of sp³-hybridized carbons (Fsp3) is 0.300. The average Bonchev–Trinajstić information content (AvgIpc) is 2.63. The lowest BCUT2D eigenvalue weighted by molar-refractivity contribution is -0.139. The van der Waals surface area contributed by atoms with Crippen molar-refractivity contribution in [2.24, 2.45) is 11.5 Å². The molecule has 0 bridgehead atoms. The van der Waals surface area contributed by atoms with Crippen molar-refractivity contribution in [3.8, 4) is 0 Å². The molecule has 140 valence electrons. The van der Waals surface area contributed by atoms with Crippen LogP contribution in [0, 0.1) is 0 Å². The molecule has 0 aromatic heterocycles. The van der Waals surface area contributed by atoms with Crippen LogP contribution in [0.25, 0.3) is 0 Å². The summed E-state index contributed by atoms with van der Waals surface area (Å²) in [5.74, 6) is -2.16. The third-order valence-electron chi connectivity index (χ3n) is 3.76. The summed E-state index contributed by atoms with van der Waals surface area (Å²) >= 11 is 0. The Balaban J connectivity index is 0.000000260. The molecule has 6 nitrogen and oxygen atoms in total. The van der Waals surface area contributed by atoms with E-state index in [9.17, 15) is 9.59 Å². The van der Waals surface area contributed by atoms with Gasteiger partial charge in [-0.15, -0.1) is 0 Å². The van der Waals surface area contributed by atoms with Gasteiger partial charge in [0, 0.05) is 0 Å². The van der Waals surface area contributed by atoms with Gasteiger partial charge in [-0.1, -0.05) is 60.7 Å². The van der Waals surface area contributed by atoms with E-state index in [0.29, 0.717) is 6.42 Å². The van der Waals surface area contributed by atoms with Crippen molar-refractivity contribution in [2.45, 2.75) is 37.8 Å². The van der Waals surface area contributed by atoms with Crippen molar-refractivity contribution in [3.63, 3.8) is 0 Å². The topological polar surface area (TPSA) is 127 Å². The van der Waals surface area contributed by atoms with E-state index in [1.165, 1.54) is 11.1 Å². The van der Waals surface area contributed by atoms with Gasteiger partial charge >= 0.3 is 11.9 Å². The minimum atomic E-state index is -1.08. The Bertz CT molecular complexity index is 605. The quantitative estimate of drug-likeness (QED) is 0.573. The summed E-state index contributed by atoms with van der Waals surface area (Å²) in [6.07, 6.45) is 1.93. The highest BCUT2D eigenvalue weighted by Crippen LogP contribution is 2.07. The fourth-order valence-electron chi connectivity index (χ4n) is 2.23. The van der Waals surface area contributed by atoms with Crippen LogP contribution in [0.2, 0.25) is 0 Å². The average molecular weight is 358 g/mol. The van der Waals surface area contributed by atoms with E-state index in [1.807, 2.05) is 0 Å². The van der Waals surface area contributed by atoms with Crippen molar-refractivity contribution < 1.29 is 19.8 Å². The molecule has 0 amide bonds. The Morgan fingerprint density at radius 3 is 1.38 bits per heavy atom. The summed E-state index contributed by atoms with van der Waals surface area (Å²) < 4.78 is 0. The van der Waals surface area contributed by atoms with Gasteiger partial charge in [0.15, 0.2) is 0 Å². The molecule has 2 unspecified atom stereocenters. The predicted octanol–water partition coefficient (Wildman–Crippen LogP) is 2.26. The maximum Gasteiger partial charge on any atom is 0.320 e. The van der Waals surface area contributed by atoms with Crippen LogP contribution < -0.4 is 11.5 Å². The lowest BCUT2D eigenvalue weighted by Gasteiger charge is -2.07. The van der Waals surface area contributed by atoms with E-state index >= 15 is 0 Å². The van der Waals surface area contributed by atoms with E-state index in [0.717, 1.165) is 6.42 Å². The van der Waals surface area contributed by atoms with Crippen LogP contribution >= 0.6 is 0 Å². The van der Waals surface area contributed by atoms with Crippen LogP contribution in [-0.2, 0) is 16.0 Å². The number of carboxylic acids is 2. The monoisotopic (exact) mass is 358 g/mol. The van der Waals surface area contributed by atoms with Crippen LogP contribution in [-0.4, -0.2) is 34.2 Å². The second kappa shape index (κ2) is 11.8. The molecule has 0 aliphatic rings. The van der Waals surface area contributed by atoms with Gasteiger partial charge in [0.1, 0.15) is 12.1 Å². The molecule has 0 radical (unpaired) electrons. The smallest absolute Gasteiger partial charge is 0.320 e. The van der Waals surface area contributed by atoms with Gasteiger partial charge in [0.2, 0.25) is 0 Å². The van der Waals surface area contributed by atoms with Gasteiger partial charge in [-0.3, -0.25) is 9.59 Å². The Morgan fingerprint density at radius 1 is 0.731 bits per heavy atom. The van der Waals surface area contributed by atoms with Gasteiger partial charge < -0.3 is 21.7 Å². The number of benzene rings is 2. The molecule has 0 aliphatic carbocycles. The van der Waals surface area contributed by atoms with Crippen LogP contribution in [0.3, 0.4) is 0 Å². The van der Waals surface area contributed by atoms with Crippen LogP contribution in [0.4, 0.5) is 0 Å². The number of aliphatic carboxylic acids is 2. The normalized spacial score (nSPS) is 12.4. The minimum absolute atomic E-state index is 0.246. The Morgan fingerprint density at radius 2 is 1.08 bits per heavy atom. The van der Waals surface area contributed by atoms with Gasteiger partial charge in [-0.25, -0.2) is 0 Å². The summed E-state index contributed by atoms with van der Waals surface area (Å²) in [6.45, 7) is 0. The highest BCUT2D eigenvalue weighted by Gasteiger charge is 2.14. The molecule has 0 saturated heterocycles. The molecule has 0 saturated carbocycles. The molecule has 6 heteroatoms. The molecule has 0 spiro atoms. The molecule has 2 rings (SSSR count). The first-order valence-corrected chi connectivity index (χ1v) is 8.44. The summed E-state index contributed by atoms with van der Waals surface area (Å²) in [5, 5.41) is 16.8. The maximum atomic E-state index is 10.2. The first kappa shape index (κ1) is 21.3. The SMILES string of the molecule is NC(CCCC(N)C(=O)O)C(=O)O.c1ccc(Cc2ccccc2)cc1. The van der Waals surface area contributed by atoms with Crippen molar-refractivity contribution >= 4 is 11.9 Å². The van der Waals surface area contributed by atoms with Gasteiger partial charge in [0.05, 0.1) is 0 Å². The molecule has 0 heterocycles. The number of nitrogens with two attached hydrogens (primary N) is 2. The first-order valence-electron chi connectivity index (χ1n) is 8.44. The number of hydrogen-bond donors (Lipinski definition) is 4. The number of hydrogen-bond acceptors (Lipinski definition) is 4. The Hall–Kier alpha value is -2.70. The molecule has 2 aromatic rings. The van der Waals surface area contributed by atoms with Crippen molar-refractivity contribution in [1.82, 2.24) is 0 Å². The lowest BCUT2D eigenvalue weighted by atomic mass is 10.1. The number of carboxylic acid groups (broad SMARTS) is 2. The molecule has 0 aliphatic heterocycles. The van der Waals surface area contributed by atoms with E-state index < -0.39 is 24.0 Å². The van der Waals surface area contributed by atoms with E-state index in [1.54, 1.807) is 0 Å². The van der Waals surface area contributed by atoms with Gasteiger partial charge in [-0.05, 0) is 36.8 Å². The lowest BCUT2D eigenvalue weighted by Crippen LogP contribution is -2.33. The second-order valence-corrected chi connectivity index (χ2v) is 5.97. The van der Waals surface area contributed by atoms with Crippen LogP contribution in [0.15, 0.2) is 60.7 Å². The zero-order valence-corrected chi connectivity index (χ0v) is 14.6. The van der Waals surface area contributed by atoms with Crippen LogP contribution in [0.5, 0.6) is 0 Å². The Kier molecular flexibility index (Phi) is 9.67. The predicted molar refractivity (Wildman–Crippen MR) is 101 cm³/mol. The van der Waals surface area contributed by atoms with Crippen molar-refractivity contribution in [3.05, 3.63) is 71.8 Å². The van der Waals surface area contributed by atoms with Gasteiger partial charge in [-0.2, -0.15) is 0 Å². The first-order chi connectivity index (χ1) is 12.4. The van der Waals surface area contributed by atoms with E-state index in [-0.39, 0.29) is 12.8 Å². The fourth-order valence-corrected chi connectivity index (χ4v) is 2.23. The third kappa shape index (κ3) is 8.96. The Labute approximate surface area is 153 Å². The summed E-state index contributed by atoms with van der Waals surface area (Å²) in [4.78, 5) is 20.5. The minimum Gasteiger partial charge on any atom is -0.480 e. The number of carbonyl (C=O) groups is 2. The molecule has 26 heavy (non-hydrogen) atoms. The van der Waals surface area contributed by atoms with Crippen LogP contribution in [0.1, 0.15) is 30.4 Å². The third-order valence-corrected chi connectivity index (χ3v) is 3.76. The summed E-state index contributed by atoms with van der Waals surface area (Å²) in [6, 6.07) is 19.2. The zero-order chi connectivity index (χ0) is 19.4. The largest absolute Gasteiger partial charge is 0.480 e. The number of rotatable bonds is 8. The molecule has 2 aromatic carbocycles. The van der Waals surface area contributed by atoms with Gasteiger partial charge in [0.25, 0.3) is 0 Å². The maximum absolute atomic E-state index is 10.2.